The maximum atomic E-state index is 12.6. The van der Waals surface area contributed by atoms with Crippen LogP contribution in [0.15, 0.2) is 60.7 Å². The molecule has 0 saturated carbocycles. The van der Waals surface area contributed by atoms with Crippen molar-refractivity contribution < 1.29 is 13.2 Å². The fourth-order valence-corrected chi connectivity index (χ4v) is 2.14. The minimum atomic E-state index is -4.36. The van der Waals surface area contributed by atoms with Crippen LogP contribution in [0.3, 0.4) is 0 Å². The molecule has 3 rings (SSSR count). The number of nitrogens with zero attached hydrogens (tertiary/aromatic N) is 2. The molecule has 1 heterocycles. The van der Waals surface area contributed by atoms with Gasteiger partial charge in [-0.2, -0.15) is 18.3 Å². The summed E-state index contributed by atoms with van der Waals surface area (Å²) in [5.41, 5.74) is 7.24. The molecule has 0 bridgehead atoms. The van der Waals surface area contributed by atoms with Gasteiger partial charge >= 0.3 is 6.18 Å². The van der Waals surface area contributed by atoms with E-state index in [0.717, 1.165) is 17.7 Å². The number of nitrogen functional groups attached to an aromatic ring is 1. The van der Waals surface area contributed by atoms with Crippen LogP contribution >= 0.6 is 0 Å². The third-order valence-electron chi connectivity index (χ3n) is 3.25. The molecule has 0 fully saturated rings. The lowest BCUT2D eigenvalue weighted by molar-refractivity contribution is -0.137. The summed E-state index contributed by atoms with van der Waals surface area (Å²) in [6, 6.07) is 15.8. The van der Waals surface area contributed by atoms with E-state index in [1.54, 1.807) is 6.07 Å². The molecule has 6 heteroatoms. The molecule has 112 valence electrons. The number of alkyl halides is 3. The van der Waals surface area contributed by atoms with Crippen LogP contribution in [0.2, 0.25) is 0 Å². The van der Waals surface area contributed by atoms with Crippen molar-refractivity contribution in [1.82, 2.24) is 9.78 Å². The molecule has 0 aliphatic heterocycles. The van der Waals surface area contributed by atoms with Crippen LogP contribution < -0.4 is 5.73 Å². The maximum absolute atomic E-state index is 12.6. The van der Waals surface area contributed by atoms with Gasteiger partial charge in [-0.25, -0.2) is 4.68 Å². The van der Waals surface area contributed by atoms with Crippen LogP contribution in [0.4, 0.5) is 19.0 Å². The molecule has 22 heavy (non-hydrogen) atoms. The van der Waals surface area contributed by atoms with E-state index in [4.69, 9.17) is 5.73 Å². The molecule has 0 atom stereocenters. The topological polar surface area (TPSA) is 43.8 Å². The zero-order valence-electron chi connectivity index (χ0n) is 11.4. The fraction of sp³-hybridized carbons (Fsp3) is 0.0625. The average molecular weight is 303 g/mol. The Kier molecular flexibility index (Phi) is 3.36. The second-order valence-corrected chi connectivity index (χ2v) is 4.78. The van der Waals surface area contributed by atoms with E-state index in [9.17, 15) is 13.2 Å². The summed E-state index contributed by atoms with van der Waals surface area (Å²) in [6.45, 7) is 0. The Morgan fingerprint density at radius 2 is 1.55 bits per heavy atom. The molecule has 1 aromatic heterocycles. The van der Waals surface area contributed by atoms with Gasteiger partial charge in [0.1, 0.15) is 5.82 Å². The minimum absolute atomic E-state index is 0.360. The molecular weight excluding hydrogens is 291 g/mol. The first kappa shape index (κ1) is 14.2. The predicted octanol–water partition coefficient (Wildman–Crippen LogP) is 4.14. The zero-order valence-corrected chi connectivity index (χ0v) is 11.4. The molecular formula is C16H12F3N3. The normalized spacial score (nSPS) is 11.6. The molecule has 3 aromatic rings. The number of hydrogen-bond acceptors (Lipinski definition) is 2. The number of benzene rings is 2. The highest BCUT2D eigenvalue weighted by Gasteiger charge is 2.30. The van der Waals surface area contributed by atoms with E-state index < -0.39 is 11.7 Å². The first-order chi connectivity index (χ1) is 10.4. The largest absolute Gasteiger partial charge is 0.416 e. The van der Waals surface area contributed by atoms with E-state index in [-0.39, 0.29) is 0 Å². The maximum Gasteiger partial charge on any atom is 0.416 e. The summed E-state index contributed by atoms with van der Waals surface area (Å²) in [5.74, 6) is 0.360. The molecule has 0 spiro atoms. The van der Waals surface area contributed by atoms with Gasteiger partial charge in [-0.1, -0.05) is 30.3 Å². The number of aromatic nitrogens is 2. The fourth-order valence-electron chi connectivity index (χ4n) is 2.14. The minimum Gasteiger partial charge on any atom is -0.384 e. The van der Waals surface area contributed by atoms with Gasteiger partial charge in [-0.15, -0.1) is 0 Å². The Labute approximate surface area is 124 Å². The van der Waals surface area contributed by atoms with Crippen LogP contribution in [0.25, 0.3) is 16.9 Å². The van der Waals surface area contributed by atoms with Gasteiger partial charge in [0.15, 0.2) is 0 Å². The molecule has 0 saturated heterocycles. The summed E-state index contributed by atoms with van der Waals surface area (Å²) in [5, 5.41) is 4.35. The SMILES string of the molecule is Nc1cc(-c2ccccc2)nn1-c1ccc(C(F)(F)F)cc1. The highest BCUT2D eigenvalue weighted by Crippen LogP contribution is 2.30. The molecule has 3 nitrogen and oxygen atoms in total. The second kappa shape index (κ2) is 5.22. The monoisotopic (exact) mass is 303 g/mol. The van der Waals surface area contributed by atoms with E-state index in [1.165, 1.54) is 16.8 Å². The Morgan fingerprint density at radius 1 is 0.909 bits per heavy atom. The summed E-state index contributed by atoms with van der Waals surface area (Å²) < 4.78 is 39.2. The number of halogens is 3. The number of rotatable bonds is 2. The highest BCUT2D eigenvalue weighted by atomic mass is 19.4. The molecule has 0 aliphatic carbocycles. The summed E-state index contributed by atoms with van der Waals surface area (Å²) in [7, 11) is 0. The van der Waals surface area contributed by atoms with Gasteiger partial charge in [-0.05, 0) is 24.3 Å². The standard InChI is InChI=1S/C16H12F3N3/c17-16(18,19)12-6-8-13(9-7-12)22-15(20)10-14(21-22)11-4-2-1-3-5-11/h1-10H,20H2. The lowest BCUT2D eigenvalue weighted by atomic mass is 10.2. The molecule has 0 amide bonds. The second-order valence-electron chi connectivity index (χ2n) is 4.78. The van der Waals surface area contributed by atoms with Crippen molar-refractivity contribution in [3.8, 4) is 16.9 Å². The van der Waals surface area contributed by atoms with Crippen molar-refractivity contribution >= 4 is 5.82 Å². The number of nitrogens with two attached hydrogens (primary N) is 1. The van der Waals surface area contributed by atoms with E-state index >= 15 is 0 Å². The lowest BCUT2D eigenvalue weighted by Crippen LogP contribution is -2.06. The van der Waals surface area contributed by atoms with Crippen molar-refractivity contribution in [3.63, 3.8) is 0 Å². The first-order valence-electron chi connectivity index (χ1n) is 6.54. The van der Waals surface area contributed by atoms with Crippen LogP contribution in [0, 0.1) is 0 Å². The lowest BCUT2D eigenvalue weighted by Gasteiger charge is -2.08. The third-order valence-corrected chi connectivity index (χ3v) is 3.25. The third kappa shape index (κ3) is 2.67. The first-order valence-corrected chi connectivity index (χ1v) is 6.54. The smallest absolute Gasteiger partial charge is 0.384 e. The molecule has 2 aromatic carbocycles. The summed E-state index contributed by atoms with van der Waals surface area (Å²) >= 11 is 0. The molecule has 0 unspecified atom stereocenters. The number of hydrogen-bond donors (Lipinski definition) is 1. The van der Waals surface area contributed by atoms with Crippen LogP contribution in [0.1, 0.15) is 5.56 Å². The predicted molar refractivity (Wildman–Crippen MR) is 78.4 cm³/mol. The van der Waals surface area contributed by atoms with Gasteiger partial charge in [0.2, 0.25) is 0 Å². The zero-order chi connectivity index (χ0) is 15.7. The van der Waals surface area contributed by atoms with Gasteiger partial charge < -0.3 is 5.73 Å². The van der Waals surface area contributed by atoms with Gasteiger partial charge in [-0.3, -0.25) is 0 Å². The Balaban J connectivity index is 1.98. The van der Waals surface area contributed by atoms with Gasteiger partial charge in [0.25, 0.3) is 0 Å². The molecule has 2 N–H and O–H groups in total. The van der Waals surface area contributed by atoms with Gasteiger partial charge in [0, 0.05) is 11.6 Å². The Bertz CT molecular complexity index is 775. The molecule has 0 aliphatic rings. The number of anilines is 1. The molecule has 0 radical (unpaired) electrons. The van der Waals surface area contributed by atoms with Crippen LogP contribution in [0.5, 0.6) is 0 Å². The average Bonchev–Trinajstić information content (AvgIpc) is 2.89. The van der Waals surface area contributed by atoms with Crippen molar-refractivity contribution in [2.75, 3.05) is 5.73 Å². The Morgan fingerprint density at radius 3 is 2.14 bits per heavy atom. The van der Waals surface area contributed by atoms with Crippen molar-refractivity contribution in [2.24, 2.45) is 0 Å². The van der Waals surface area contributed by atoms with E-state index in [1.807, 2.05) is 30.3 Å². The Hall–Kier alpha value is -2.76. The van der Waals surface area contributed by atoms with Crippen LogP contribution in [-0.4, -0.2) is 9.78 Å². The van der Waals surface area contributed by atoms with E-state index in [0.29, 0.717) is 17.2 Å². The van der Waals surface area contributed by atoms with Crippen molar-refractivity contribution in [1.29, 1.82) is 0 Å². The van der Waals surface area contributed by atoms with Crippen LogP contribution in [-0.2, 0) is 6.18 Å². The summed E-state index contributed by atoms with van der Waals surface area (Å²) in [6.07, 6.45) is -4.36. The summed E-state index contributed by atoms with van der Waals surface area (Å²) in [4.78, 5) is 0. The van der Waals surface area contributed by atoms with Crippen molar-refractivity contribution in [2.45, 2.75) is 6.18 Å². The van der Waals surface area contributed by atoms with Gasteiger partial charge in [0.05, 0.1) is 16.9 Å². The van der Waals surface area contributed by atoms with E-state index in [2.05, 4.69) is 5.10 Å². The highest BCUT2D eigenvalue weighted by molar-refractivity contribution is 5.63. The van der Waals surface area contributed by atoms with Crippen molar-refractivity contribution in [3.05, 3.63) is 66.2 Å². The quantitative estimate of drug-likeness (QED) is 0.773.